The molecule has 0 saturated heterocycles. The van der Waals surface area contributed by atoms with Gasteiger partial charge in [0.15, 0.2) is 5.82 Å². The summed E-state index contributed by atoms with van der Waals surface area (Å²) in [6.45, 7) is 3.85. The van der Waals surface area contributed by atoms with Crippen LogP contribution in [0.5, 0.6) is 0 Å². The van der Waals surface area contributed by atoms with Gasteiger partial charge in [0.2, 0.25) is 0 Å². The normalized spacial score (nSPS) is 10.3. The van der Waals surface area contributed by atoms with Gasteiger partial charge in [-0.05, 0) is 31.5 Å². The maximum Gasteiger partial charge on any atom is 0.341 e. The van der Waals surface area contributed by atoms with Crippen molar-refractivity contribution in [3.63, 3.8) is 0 Å². The Morgan fingerprint density at radius 3 is 2.34 bits per heavy atom. The van der Waals surface area contributed by atoms with Gasteiger partial charge in [0.25, 0.3) is 5.91 Å². The highest BCUT2D eigenvalue weighted by Gasteiger charge is 2.25. The number of pyridine rings is 1. The van der Waals surface area contributed by atoms with Crippen molar-refractivity contribution in [3.05, 3.63) is 59.8 Å². The molecule has 0 N–H and O–H groups in total. The van der Waals surface area contributed by atoms with Gasteiger partial charge >= 0.3 is 11.9 Å². The van der Waals surface area contributed by atoms with E-state index in [9.17, 15) is 14.4 Å². The zero-order chi connectivity index (χ0) is 21.1. The van der Waals surface area contributed by atoms with Gasteiger partial charge in [-0.15, -0.1) is 0 Å². The zero-order valence-electron chi connectivity index (χ0n) is 16.5. The van der Waals surface area contributed by atoms with Crippen molar-refractivity contribution in [1.29, 1.82) is 0 Å². The van der Waals surface area contributed by atoms with Crippen LogP contribution in [-0.2, 0) is 30.5 Å². The number of esters is 2. The van der Waals surface area contributed by atoms with E-state index in [1.54, 1.807) is 19.9 Å². The van der Waals surface area contributed by atoms with Crippen LogP contribution in [-0.4, -0.2) is 36.0 Å². The maximum absolute atomic E-state index is 12.8. The van der Waals surface area contributed by atoms with Crippen LogP contribution in [0.3, 0.4) is 0 Å². The zero-order valence-corrected chi connectivity index (χ0v) is 16.5. The first-order valence-electron chi connectivity index (χ1n) is 9.34. The Balaban J connectivity index is 2.25. The molecule has 2 aromatic rings. The molecule has 29 heavy (non-hydrogen) atoms. The van der Waals surface area contributed by atoms with E-state index >= 15 is 0 Å². The van der Waals surface area contributed by atoms with E-state index in [-0.39, 0.29) is 44.0 Å². The molecule has 0 unspecified atom stereocenters. The smallest absolute Gasteiger partial charge is 0.341 e. The predicted molar refractivity (Wildman–Crippen MR) is 105 cm³/mol. The van der Waals surface area contributed by atoms with E-state index in [0.717, 1.165) is 10.6 Å². The highest BCUT2D eigenvalue weighted by atomic mass is 16.7. The van der Waals surface area contributed by atoms with E-state index in [2.05, 4.69) is 4.98 Å². The van der Waals surface area contributed by atoms with Crippen molar-refractivity contribution in [2.45, 2.75) is 33.3 Å². The molecule has 8 nitrogen and oxygen atoms in total. The number of anilines is 1. The lowest BCUT2D eigenvalue weighted by Crippen LogP contribution is -2.33. The molecule has 0 radical (unpaired) electrons. The third-order valence-electron chi connectivity index (χ3n) is 3.75. The highest BCUT2D eigenvalue weighted by molar-refractivity contribution is 6.00. The summed E-state index contributed by atoms with van der Waals surface area (Å²) in [5.74, 6) is -1.63. The first-order valence-corrected chi connectivity index (χ1v) is 9.34. The first kappa shape index (κ1) is 22.0. The second-order valence-electron chi connectivity index (χ2n) is 5.85. The SMILES string of the molecule is CCOC(=O)CCC(=O)N(OCc1ccccc1)c1ncccc1C(=O)OCC. The fraction of sp³-hybridized carbons (Fsp3) is 0.333. The van der Waals surface area contributed by atoms with Gasteiger partial charge in [0.05, 0.1) is 19.6 Å². The number of hydroxylamine groups is 1. The van der Waals surface area contributed by atoms with Crippen LogP contribution in [0, 0.1) is 0 Å². The fourth-order valence-electron chi connectivity index (χ4n) is 2.44. The van der Waals surface area contributed by atoms with E-state index in [1.165, 1.54) is 12.3 Å². The van der Waals surface area contributed by atoms with E-state index < -0.39 is 17.8 Å². The number of carbonyl (C=O) groups is 3. The molecule has 0 bridgehead atoms. The number of hydrogen-bond donors (Lipinski definition) is 0. The van der Waals surface area contributed by atoms with Gasteiger partial charge in [-0.3, -0.25) is 14.4 Å². The molecule has 1 aromatic heterocycles. The van der Waals surface area contributed by atoms with Crippen molar-refractivity contribution >= 4 is 23.7 Å². The molecule has 8 heteroatoms. The Kier molecular flexibility index (Phi) is 8.78. The highest BCUT2D eigenvalue weighted by Crippen LogP contribution is 2.21. The lowest BCUT2D eigenvalue weighted by atomic mass is 10.2. The van der Waals surface area contributed by atoms with Crippen LogP contribution in [0.2, 0.25) is 0 Å². The molecular weight excluding hydrogens is 376 g/mol. The quantitative estimate of drug-likeness (QED) is 0.447. The molecule has 0 aliphatic heterocycles. The average Bonchev–Trinajstić information content (AvgIpc) is 2.74. The number of aromatic nitrogens is 1. The Labute approximate surface area is 169 Å². The number of carbonyl (C=O) groups excluding carboxylic acids is 3. The number of rotatable bonds is 10. The van der Waals surface area contributed by atoms with Crippen molar-refractivity contribution in [2.75, 3.05) is 18.3 Å². The summed E-state index contributed by atoms with van der Waals surface area (Å²) in [5, 5.41) is 0.943. The van der Waals surface area contributed by atoms with Crippen LogP contribution in [0.25, 0.3) is 0 Å². The third kappa shape index (κ3) is 6.69. The summed E-state index contributed by atoms with van der Waals surface area (Å²) in [6, 6.07) is 12.3. The van der Waals surface area contributed by atoms with Crippen molar-refractivity contribution in [2.24, 2.45) is 0 Å². The topological polar surface area (TPSA) is 95.0 Å². The Morgan fingerprint density at radius 1 is 0.931 bits per heavy atom. The van der Waals surface area contributed by atoms with E-state index in [4.69, 9.17) is 14.3 Å². The molecule has 0 aliphatic rings. The van der Waals surface area contributed by atoms with Gasteiger partial charge in [0.1, 0.15) is 12.2 Å². The van der Waals surface area contributed by atoms with E-state index in [1.807, 2.05) is 30.3 Å². The predicted octanol–water partition coefficient (Wildman–Crippen LogP) is 3.07. The number of nitrogens with zero attached hydrogens (tertiary/aromatic N) is 2. The second kappa shape index (κ2) is 11.6. The molecule has 1 heterocycles. The summed E-state index contributed by atoms with van der Waals surface area (Å²) in [7, 11) is 0. The molecule has 2 rings (SSSR count). The van der Waals surface area contributed by atoms with Crippen molar-refractivity contribution < 1.29 is 28.7 Å². The summed E-state index contributed by atoms with van der Waals surface area (Å²) >= 11 is 0. The maximum atomic E-state index is 12.8. The summed E-state index contributed by atoms with van der Waals surface area (Å²) in [5.41, 5.74) is 0.913. The first-order chi connectivity index (χ1) is 14.1. The van der Waals surface area contributed by atoms with Crippen LogP contribution in [0.15, 0.2) is 48.7 Å². The molecular formula is C21H24N2O6. The van der Waals surface area contributed by atoms with Gasteiger partial charge in [-0.25, -0.2) is 9.78 Å². The number of ether oxygens (including phenoxy) is 2. The Bertz CT molecular complexity index is 825. The standard InChI is InChI=1S/C21H24N2O6/c1-3-27-19(25)13-12-18(24)23(29-15-16-9-6-5-7-10-16)20-17(11-8-14-22-20)21(26)28-4-2/h5-11,14H,3-4,12-13,15H2,1-2H3. The summed E-state index contributed by atoms with van der Waals surface area (Å²) in [6.07, 6.45) is 1.17. The molecule has 0 aliphatic carbocycles. The molecule has 1 amide bonds. The number of amides is 1. The van der Waals surface area contributed by atoms with Gasteiger partial charge < -0.3 is 9.47 Å². The third-order valence-corrected chi connectivity index (χ3v) is 3.75. The van der Waals surface area contributed by atoms with Crippen LogP contribution in [0.4, 0.5) is 5.82 Å². The lowest BCUT2D eigenvalue weighted by Gasteiger charge is -2.22. The lowest BCUT2D eigenvalue weighted by molar-refractivity contribution is -0.144. The second-order valence-corrected chi connectivity index (χ2v) is 5.85. The largest absolute Gasteiger partial charge is 0.466 e. The molecule has 0 spiro atoms. The van der Waals surface area contributed by atoms with Crippen molar-refractivity contribution in [1.82, 2.24) is 4.98 Å². The number of hydrogen-bond acceptors (Lipinski definition) is 7. The van der Waals surface area contributed by atoms with Gasteiger partial charge in [-0.2, -0.15) is 5.06 Å². The van der Waals surface area contributed by atoms with Crippen molar-refractivity contribution in [3.8, 4) is 0 Å². The monoisotopic (exact) mass is 400 g/mol. The molecule has 1 aromatic carbocycles. The summed E-state index contributed by atoms with van der Waals surface area (Å²) in [4.78, 5) is 46.6. The molecule has 0 atom stereocenters. The Hall–Kier alpha value is -3.26. The Morgan fingerprint density at radius 2 is 1.66 bits per heavy atom. The van der Waals surface area contributed by atoms with Gasteiger partial charge in [-0.1, -0.05) is 30.3 Å². The van der Waals surface area contributed by atoms with Crippen LogP contribution in [0.1, 0.15) is 42.6 Å². The fourth-order valence-corrected chi connectivity index (χ4v) is 2.44. The molecule has 154 valence electrons. The molecule has 0 saturated carbocycles. The van der Waals surface area contributed by atoms with Crippen LogP contribution < -0.4 is 5.06 Å². The minimum Gasteiger partial charge on any atom is -0.466 e. The van der Waals surface area contributed by atoms with Gasteiger partial charge in [0, 0.05) is 12.6 Å². The average molecular weight is 400 g/mol. The summed E-state index contributed by atoms with van der Waals surface area (Å²) < 4.78 is 9.91. The minimum atomic E-state index is -0.623. The number of benzene rings is 1. The minimum absolute atomic E-state index is 0.00994. The molecule has 0 fully saturated rings. The van der Waals surface area contributed by atoms with E-state index in [0.29, 0.717) is 0 Å². The van der Waals surface area contributed by atoms with Crippen LogP contribution >= 0.6 is 0 Å².